The number of fused-ring (bicyclic) bond motifs is 2. The Morgan fingerprint density at radius 3 is 2.26 bits per heavy atom. The van der Waals surface area contributed by atoms with E-state index in [1.165, 1.54) is 0 Å². The van der Waals surface area contributed by atoms with Crippen LogP contribution in [0.1, 0.15) is 54.4 Å². The van der Waals surface area contributed by atoms with E-state index in [9.17, 15) is 13.2 Å². The van der Waals surface area contributed by atoms with Gasteiger partial charge in [-0.2, -0.15) is 4.31 Å². The van der Waals surface area contributed by atoms with Crippen molar-refractivity contribution in [2.75, 3.05) is 6.79 Å². The molecular weight excluding hydrogens is 452 g/mol. The number of nitrogens with zero attached hydrogens (tertiary/aromatic N) is 1. The number of aromatic nitrogens is 1. The summed E-state index contributed by atoms with van der Waals surface area (Å²) in [5, 5.41) is 0.780. The molecule has 0 spiro atoms. The third-order valence-corrected chi connectivity index (χ3v) is 9.10. The minimum Gasteiger partial charge on any atom is -0.454 e. The van der Waals surface area contributed by atoms with Crippen LogP contribution in [0.25, 0.3) is 10.9 Å². The molecule has 1 aliphatic heterocycles. The van der Waals surface area contributed by atoms with E-state index in [-0.39, 0.29) is 24.9 Å². The van der Waals surface area contributed by atoms with Gasteiger partial charge in [-0.1, -0.05) is 37.0 Å². The van der Waals surface area contributed by atoms with Crippen molar-refractivity contribution >= 4 is 20.9 Å². The first kappa shape index (κ1) is 22.9. The molecule has 0 bridgehead atoms. The molecule has 0 unspecified atom stereocenters. The van der Waals surface area contributed by atoms with Crippen molar-refractivity contribution < 1.29 is 17.9 Å². The van der Waals surface area contributed by atoms with Crippen LogP contribution in [0.15, 0.2) is 40.0 Å². The van der Waals surface area contributed by atoms with E-state index >= 15 is 0 Å². The molecule has 180 valence electrons. The lowest BCUT2D eigenvalue weighted by Gasteiger charge is -2.34. The predicted octanol–water partition coefficient (Wildman–Crippen LogP) is 4.71. The Bertz CT molecular complexity index is 1400. The van der Waals surface area contributed by atoms with Gasteiger partial charge in [0.25, 0.3) is 5.56 Å². The predicted molar refractivity (Wildman–Crippen MR) is 131 cm³/mol. The molecule has 7 nitrogen and oxygen atoms in total. The number of ether oxygens (including phenoxy) is 2. The summed E-state index contributed by atoms with van der Waals surface area (Å²) in [6.45, 7) is 5.83. The fourth-order valence-corrected chi connectivity index (χ4v) is 7.48. The summed E-state index contributed by atoms with van der Waals surface area (Å²) in [6.07, 6.45) is 4.68. The Morgan fingerprint density at radius 2 is 1.59 bits per heavy atom. The van der Waals surface area contributed by atoms with Gasteiger partial charge in [-0.25, -0.2) is 8.42 Å². The monoisotopic (exact) mass is 482 g/mol. The summed E-state index contributed by atoms with van der Waals surface area (Å²) in [5.74, 6) is 1.21. The molecule has 2 aromatic carbocycles. The van der Waals surface area contributed by atoms with Crippen molar-refractivity contribution in [3.8, 4) is 11.5 Å². The first-order chi connectivity index (χ1) is 16.2. The highest BCUT2D eigenvalue weighted by molar-refractivity contribution is 7.89. The summed E-state index contributed by atoms with van der Waals surface area (Å²) in [5.41, 5.74) is 3.26. The van der Waals surface area contributed by atoms with E-state index in [1.807, 2.05) is 39.0 Å². The molecule has 0 atom stereocenters. The quantitative estimate of drug-likeness (QED) is 0.569. The number of sulfonamides is 1. The third kappa shape index (κ3) is 4.09. The smallest absolute Gasteiger partial charge is 0.252 e. The van der Waals surface area contributed by atoms with Crippen molar-refractivity contribution in [2.24, 2.45) is 0 Å². The first-order valence-corrected chi connectivity index (χ1v) is 13.2. The minimum absolute atomic E-state index is 0.0273. The third-order valence-electron chi connectivity index (χ3n) is 6.89. The average Bonchev–Trinajstić information content (AvgIpc) is 3.23. The van der Waals surface area contributed by atoms with Gasteiger partial charge in [0.2, 0.25) is 16.8 Å². The van der Waals surface area contributed by atoms with Crippen molar-refractivity contribution in [1.29, 1.82) is 0 Å². The number of hydrogen-bond acceptors (Lipinski definition) is 5. The zero-order chi connectivity index (χ0) is 24.0. The van der Waals surface area contributed by atoms with Gasteiger partial charge in [0, 0.05) is 29.6 Å². The van der Waals surface area contributed by atoms with Crippen molar-refractivity contribution in [1.82, 2.24) is 9.29 Å². The van der Waals surface area contributed by atoms with Crippen LogP contribution < -0.4 is 15.0 Å². The molecule has 1 saturated carbocycles. The molecule has 1 aromatic heterocycles. The van der Waals surface area contributed by atoms with Gasteiger partial charge in [-0.15, -0.1) is 0 Å². The Hall–Kier alpha value is -2.84. The van der Waals surface area contributed by atoms with Gasteiger partial charge >= 0.3 is 0 Å². The highest BCUT2D eigenvalue weighted by atomic mass is 32.2. The Labute approximate surface area is 199 Å². The number of aryl methyl sites for hydroxylation is 3. The summed E-state index contributed by atoms with van der Waals surface area (Å²) in [6, 6.07) is 9.03. The molecular formula is C26H30N2O5S. The zero-order valence-electron chi connectivity index (χ0n) is 19.8. The largest absolute Gasteiger partial charge is 0.454 e. The SMILES string of the molecule is Cc1cc(C)c(S(=O)(=O)N(Cc2cc3cc4c(cc3[nH]c2=O)OCO4)C2CCCCC2)c(C)c1. The van der Waals surface area contributed by atoms with E-state index in [0.29, 0.717) is 27.5 Å². The maximum absolute atomic E-state index is 14.1. The molecule has 34 heavy (non-hydrogen) atoms. The lowest BCUT2D eigenvalue weighted by Crippen LogP contribution is -2.42. The summed E-state index contributed by atoms with van der Waals surface area (Å²) < 4.78 is 40.7. The summed E-state index contributed by atoms with van der Waals surface area (Å²) >= 11 is 0. The first-order valence-electron chi connectivity index (χ1n) is 11.8. The number of H-pyrrole nitrogens is 1. The zero-order valence-corrected chi connectivity index (χ0v) is 20.6. The van der Waals surface area contributed by atoms with Gasteiger partial charge in [-0.05, 0) is 56.9 Å². The van der Waals surface area contributed by atoms with Gasteiger partial charge in [0.05, 0.1) is 10.4 Å². The van der Waals surface area contributed by atoms with Crippen LogP contribution in [0.4, 0.5) is 0 Å². The average molecular weight is 483 g/mol. The van der Waals surface area contributed by atoms with Crippen LogP contribution >= 0.6 is 0 Å². The highest BCUT2D eigenvalue weighted by Gasteiger charge is 2.35. The normalized spacial score (nSPS) is 16.5. The number of benzene rings is 2. The molecule has 2 aliphatic rings. The van der Waals surface area contributed by atoms with Gasteiger partial charge < -0.3 is 14.5 Å². The number of rotatable bonds is 5. The molecule has 1 fully saturated rings. The lowest BCUT2D eigenvalue weighted by molar-refractivity contribution is 0.174. The van der Waals surface area contributed by atoms with Crippen LogP contribution in [0.5, 0.6) is 11.5 Å². The molecule has 0 saturated heterocycles. The molecule has 5 rings (SSSR count). The molecule has 3 aromatic rings. The van der Waals surface area contributed by atoms with Crippen LogP contribution in [0.3, 0.4) is 0 Å². The molecule has 0 amide bonds. The lowest BCUT2D eigenvalue weighted by atomic mass is 9.95. The van der Waals surface area contributed by atoms with E-state index in [0.717, 1.165) is 54.2 Å². The second-order valence-corrected chi connectivity index (χ2v) is 11.3. The van der Waals surface area contributed by atoms with Gasteiger partial charge in [-0.3, -0.25) is 4.79 Å². The second-order valence-electron chi connectivity index (χ2n) is 9.49. The molecule has 0 radical (unpaired) electrons. The van der Waals surface area contributed by atoms with Crippen molar-refractivity contribution in [2.45, 2.75) is 70.4 Å². The maximum atomic E-state index is 14.1. The number of hydrogen-bond donors (Lipinski definition) is 1. The molecule has 1 aliphatic carbocycles. The number of nitrogens with one attached hydrogen (secondary N) is 1. The minimum atomic E-state index is -3.82. The number of aromatic amines is 1. The van der Waals surface area contributed by atoms with Crippen LogP contribution in [0, 0.1) is 20.8 Å². The Kier molecular flexibility index (Phi) is 5.90. The number of pyridine rings is 1. The van der Waals surface area contributed by atoms with Crippen molar-refractivity contribution in [3.05, 3.63) is 62.9 Å². The van der Waals surface area contributed by atoms with Gasteiger partial charge in [0.1, 0.15) is 0 Å². The topological polar surface area (TPSA) is 88.7 Å². The van der Waals surface area contributed by atoms with E-state index in [2.05, 4.69) is 4.98 Å². The molecule has 8 heteroatoms. The highest BCUT2D eigenvalue weighted by Crippen LogP contribution is 2.36. The van der Waals surface area contributed by atoms with E-state index in [4.69, 9.17) is 9.47 Å². The van der Waals surface area contributed by atoms with E-state index < -0.39 is 10.0 Å². The Balaban J connectivity index is 1.60. The Morgan fingerprint density at radius 1 is 0.941 bits per heavy atom. The summed E-state index contributed by atoms with van der Waals surface area (Å²) in [4.78, 5) is 16.3. The summed E-state index contributed by atoms with van der Waals surface area (Å²) in [7, 11) is -3.82. The standard InChI is InChI=1S/C26H30N2O5S/c1-16-9-17(2)25(18(3)10-16)34(30,31)28(21-7-5-4-6-8-21)14-20-11-19-12-23-24(33-15-32-23)13-22(19)27-26(20)29/h9-13,21H,4-8,14-15H2,1-3H3,(H,27,29). The molecule has 1 N–H and O–H groups in total. The van der Waals surface area contributed by atoms with Crippen LogP contribution in [-0.2, 0) is 16.6 Å². The van der Waals surface area contributed by atoms with Gasteiger partial charge in [0.15, 0.2) is 11.5 Å². The maximum Gasteiger partial charge on any atom is 0.252 e. The fraction of sp³-hybridized carbons (Fsp3) is 0.423. The van der Waals surface area contributed by atoms with Crippen molar-refractivity contribution in [3.63, 3.8) is 0 Å². The van der Waals surface area contributed by atoms with Crippen LogP contribution in [0.2, 0.25) is 0 Å². The van der Waals surface area contributed by atoms with Crippen LogP contribution in [-0.4, -0.2) is 30.5 Å². The molecule has 2 heterocycles. The van der Waals surface area contributed by atoms with E-state index in [1.54, 1.807) is 16.4 Å². The second kappa shape index (κ2) is 8.74. The fourth-order valence-electron chi connectivity index (χ4n) is 5.40.